The van der Waals surface area contributed by atoms with Crippen molar-refractivity contribution in [3.05, 3.63) is 76.5 Å². The number of carbonyl (C=O) groups excluding carboxylic acids is 1. The SMILES string of the molecule is CN(Cc1ccccc1)C(=O)c1cnc(N2CCN(c3ncccn3)CC2)[nH]c1=O. The maximum absolute atomic E-state index is 12.7. The van der Waals surface area contributed by atoms with Crippen LogP contribution in [0.4, 0.5) is 11.9 Å². The van der Waals surface area contributed by atoms with Crippen LogP contribution in [0.5, 0.6) is 0 Å². The second-order valence-corrected chi connectivity index (χ2v) is 7.12. The molecule has 0 saturated carbocycles. The van der Waals surface area contributed by atoms with E-state index < -0.39 is 5.56 Å². The minimum absolute atomic E-state index is 0.0357. The first kappa shape index (κ1) is 19.6. The average Bonchev–Trinajstić information content (AvgIpc) is 2.80. The molecule has 0 atom stereocenters. The van der Waals surface area contributed by atoms with Crippen LogP contribution in [-0.2, 0) is 6.54 Å². The standard InChI is InChI=1S/C21H23N7O2/c1-26(15-16-6-3-2-4-7-16)19(30)17-14-24-21(25-18(17)29)28-12-10-27(11-13-28)20-22-8-5-9-23-20/h2-9,14H,10-13,15H2,1H3,(H,24,25,29). The molecule has 0 unspecified atom stereocenters. The molecule has 1 fully saturated rings. The Morgan fingerprint density at radius 1 is 1.00 bits per heavy atom. The molecule has 1 aromatic carbocycles. The smallest absolute Gasteiger partial charge is 0.265 e. The lowest BCUT2D eigenvalue weighted by Gasteiger charge is -2.34. The number of piperazine rings is 1. The van der Waals surface area contributed by atoms with Crippen LogP contribution in [-0.4, -0.2) is 64.0 Å². The Morgan fingerprint density at radius 2 is 1.67 bits per heavy atom. The number of hydrogen-bond donors (Lipinski definition) is 1. The van der Waals surface area contributed by atoms with Crippen molar-refractivity contribution in [1.29, 1.82) is 0 Å². The number of benzene rings is 1. The molecule has 0 spiro atoms. The second kappa shape index (κ2) is 8.73. The molecular weight excluding hydrogens is 382 g/mol. The summed E-state index contributed by atoms with van der Waals surface area (Å²) in [5.41, 5.74) is 0.599. The van der Waals surface area contributed by atoms with Gasteiger partial charge in [-0.2, -0.15) is 0 Å². The van der Waals surface area contributed by atoms with Crippen LogP contribution >= 0.6 is 0 Å². The number of nitrogens with zero attached hydrogens (tertiary/aromatic N) is 6. The Kier molecular flexibility index (Phi) is 5.69. The van der Waals surface area contributed by atoms with E-state index in [0.29, 0.717) is 44.6 Å². The van der Waals surface area contributed by atoms with E-state index >= 15 is 0 Å². The maximum Gasteiger partial charge on any atom is 0.265 e. The lowest BCUT2D eigenvalue weighted by atomic mass is 10.2. The number of amides is 1. The number of nitrogens with one attached hydrogen (secondary N) is 1. The minimum atomic E-state index is -0.432. The molecule has 2 aromatic heterocycles. The van der Waals surface area contributed by atoms with Crippen molar-refractivity contribution in [3.8, 4) is 0 Å². The summed E-state index contributed by atoms with van der Waals surface area (Å²) < 4.78 is 0. The van der Waals surface area contributed by atoms with E-state index in [1.54, 1.807) is 25.5 Å². The summed E-state index contributed by atoms with van der Waals surface area (Å²) in [5.74, 6) is 0.807. The molecule has 0 aliphatic carbocycles. The van der Waals surface area contributed by atoms with E-state index in [0.717, 1.165) is 5.56 Å². The molecule has 1 N–H and O–H groups in total. The zero-order chi connectivity index (χ0) is 20.9. The summed E-state index contributed by atoms with van der Waals surface area (Å²) in [6.45, 7) is 3.19. The predicted molar refractivity (Wildman–Crippen MR) is 114 cm³/mol. The summed E-state index contributed by atoms with van der Waals surface area (Å²) >= 11 is 0. The van der Waals surface area contributed by atoms with Crippen molar-refractivity contribution in [2.45, 2.75) is 6.54 Å². The van der Waals surface area contributed by atoms with Crippen LogP contribution in [0.15, 0.2) is 59.8 Å². The van der Waals surface area contributed by atoms with E-state index in [1.807, 2.05) is 35.2 Å². The topological polar surface area (TPSA) is 98.3 Å². The van der Waals surface area contributed by atoms with Gasteiger partial charge in [-0.15, -0.1) is 0 Å². The molecule has 154 valence electrons. The lowest BCUT2D eigenvalue weighted by molar-refractivity contribution is 0.0783. The van der Waals surface area contributed by atoms with Gasteiger partial charge in [-0.25, -0.2) is 15.0 Å². The number of H-pyrrole nitrogens is 1. The Hall–Kier alpha value is -3.75. The zero-order valence-electron chi connectivity index (χ0n) is 16.7. The predicted octanol–water partition coefficient (Wildman–Crippen LogP) is 1.16. The monoisotopic (exact) mass is 405 g/mol. The van der Waals surface area contributed by atoms with Gasteiger partial charge in [-0.05, 0) is 11.6 Å². The normalized spacial score (nSPS) is 13.9. The largest absolute Gasteiger partial charge is 0.339 e. The number of rotatable bonds is 5. The van der Waals surface area contributed by atoms with Gasteiger partial charge in [-0.1, -0.05) is 30.3 Å². The summed E-state index contributed by atoms with van der Waals surface area (Å²) in [4.78, 5) is 46.5. The molecule has 1 aliphatic heterocycles. The molecule has 3 heterocycles. The van der Waals surface area contributed by atoms with Crippen molar-refractivity contribution >= 4 is 17.8 Å². The van der Waals surface area contributed by atoms with Crippen LogP contribution in [0.2, 0.25) is 0 Å². The van der Waals surface area contributed by atoms with Crippen molar-refractivity contribution in [1.82, 2.24) is 24.8 Å². The van der Waals surface area contributed by atoms with Gasteiger partial charge in [0.25, 0.3) is 11.5 Å². The van der Waals surface area contributed by atoms with Crippen molar-refractivity contribution in [2.75, 3.05) is 43.0 Å². The molecule has 9 nitrogen and oxygen atoms in total. The second-order valence-electron chi connectivity index (χ2n) is 7.12. The highest BCUT2D eigenvalue weighted by atomic mass is 16.2. The maximum atomic E-state index is 12.7. The molecule has 4 rings (SSSR count). The molecule has 1 amide bonds. The van der Waals surface area contributed by atoms with Gasteiger partial charge in [0.05, 0.1) is 0 Å². The number of anilines is 2. The Balaban J connectivity index is 1.41. The van der Waals surface area contributed by atoms with Gasteiger partial charge in [0.1, 0.15) is 5.56 Å². The third kappa shape index (κ3) is 4.29. The molecule has 0 radical (unpaired) electrons. The van der Waals surface area contributed by atoms with Crippen LogP contribution in [0.3, 0.4) is 0 Å². The van der Waals surface area contributed by atoms with Crippen molar-refractivity contribution < 1.29 is 4.79 Å². The van der Waals surface area contributed by atoms with Crippen LogP contribution in [0, 0.1) is 0 Å². The third-order valence-electron chi connectivity index (χ3n) is 5.04. The minimum Gasteiger partial charge on any atom is -0.339 e. The quantitative estimate of drug-likeness (QED) is 0.680. The van der Waals surface area contributed by atoms with Gasteiger partial charge >= 0.3 is 0 Å². The van der Waals surface area contributed by atoms with Crippen LogP contribution in [0.1, 0.15) is 15.9 Å². The van der Waals surface area contributed by atoms with Gasteiger partial charge < -0.3 is 14.7 Å². The lowest BCUT2D eigenvalue weighted by Crippen LogP contribution is -2.48. The molecule has 30 heavy (non-hydrogen) atoms. The highest BCUT2D eigenvalue weighted by Gasteiger charge is 2.22. The van der Waals surface area contributed by atoms with Crippen LogP contribution < -0.4 is 15.4 Å². The summed E-state index contributed by atoms with van der Waals surface area (Å²) in [5, 5.41) is 0. The first-order valence-electron chi connectivity index (χ1n) is 9.77. The first-order valence-corrected chi connectivity index (χ1v) is 9.77. The molecule has 1 aliphatic rings. The fourth-order valence-corrected chi connectivity index (χ4v) is 3.41. The van der Waals surface area contributed by atoms with Gasteiger partial charge in [0.2, 0.25) is 11.9 Å². The van der Waals surface area contributed by atoms with E-state index in [-0.39, 0.29) is 11.5 Å². The molecule has 3 aromatic rings. The van der Waals surface area contributed by atoms with Crippen molar-refractivity contribution in [3.63, 3.8) is 0 Å². The highest BCUT2D eigenvalue weighted by molar-refractivity contribution is 5.93. The number of aromatic nitrogens is 4. The molecule has 0 bridgehead atoms. The fraction of sp³-hybridized carbons (Fsp3) is 0.286. The number of hydrogen-bond acceptors (Lipinski definition) is 7. The van der Waals surface area contributed by atoms with E-state index in [1.165, 1.54) is 11.1 Å². The summed E-state index contributed by atoms with van der Waals surface area (Å²) in [7, 11) is 1.67. The van der Waals surface area contributed by atoms with E-state index in [2.05, 4.69) is 24.8 Å². The fourth-order valence-electron chi connectivity index (χ4n) is 3.41. The Bertz CT molecular complexity index is 1050. The highest BCUT2D eigenvalue weighted by Crippen LogP contribution is 2.14. The molecule has 9 heteroatoms. The Labute approximate surface area is 174 Å². The van der Waals surface area contributed by atoms with E-state index in [9.17, 15) is 9.59 Å². The summed E-state index contributed by atoms with van der Waals surface area (Å²) in [6.07, 6.45) is 4.81. The average molecular weight is 405 g/mol. The summed E-state index contributed by atoms with van der Waals surface area (Å²) in [6, 6.07) is 11.4. The van der Waals surface area contributed by atoms with E-state index in [4.69, 9.17) is 0 Å². The Morgan fingerprint density at radius 3 is 2.33 bits per heavy atom. The zero-order valence-corrected chi connectivity index (χ0v) is 16.7. The van der Waals surface area contributed by atoms with Gasteiger partial charge in [0, 0.05) is 58.4 Å². The first-order chi connectivity index (χ1) is 14.6. The number of aromatic amines is 1. The van der Waals surface area contributed by atoms with Gasteiger partial charge in [-0.3, -0.25) is 14.6 Å². The van der Waals surface area contributed by atoms with Gasteiger partial charge in [0.15, 0.2) is 0 Å². The third-order valence-corrected chi connectivity index (χ3v) is 5.04. The number of carbonyl (C=O) groups is 1. The molecule has 1 saturated heterocycles. The van der Waals surface area contributed by atoms with Crippen molar-refractivity contribution in [2.24, 2.45) is 0 Å². The van der Waals surface area contributed by atoms with Crippen LogP contribution in [0.25, 0.3) is 0 Å². The molecular formula is C21H23N7O2.